The van der Waals surface area contributed by atoms with Crippen LogP contribution in [-0.2, 0) is 0 Å². The highest BCUT2D eigenvalue weighted by Crippen LogP contribution is 2.38. The van der Waals surface area contributed by atoms with Crippen LogP contribution in [0.25, 0.3) is 0 Å². The highest BCUT2D eigenvalue weighted by Gasteiger charge is 2.29. The predicted molar refractivity (Wildman–Crippen MR) is 117 cm³/mol. The van der Waals surface area contributed by atoms with Gasteiger partial charge in [0, 0.05) is 37.2 Å². The quantitative estimate of drug-likeness (QED) is 0.539. The van der Waals surface area contributed by atoms with Crippen molar-refractivity contribution >= 4 is 11.5 Å². The van der Waals surface area contributed by atoms with Crippen molar-refractivity contribution in [3.8, 4) is 11.5 Å². The predicted octanol–water partition coefficient (Wildman–Crippen LogP) is 4.73. The molecule has 1 saturated heterocycles. The van der Waals surface area contributed by atoms with Crippen molar-refractivity contribution in [1.29, 1.82) is 0 Å². The van der Waals surface area contributed by atoms with Gasteiger partial charge in [0.2, 0.25) is 0 Å². The molecule has 2 aromatic carbocycles. The van der Waals surface area contributed by atoms with Gasteiger partial charge in [-0.2, -0.15) is 0 Å². The Kier molecular flexibility index (Phi) is 5.14. The van der Waals surface area contributed by atoms with Gasteiger partial charge in [-0.25, -0.2) is 0 Å². The molecular formula is C25H26N2O4. The number of carbonyl (C=O) groups excluding carboxylic acids is 1. The molecule has 2 aliphatic heterocycles. The summed E-state index contributed by atoms with van der Waals surface area (Å²) < 4.78 is 16.2. The van der Waals surface area contributed by atoms with Gasteiger partial charge in [0.15, 0.2) is 17.3 Å². The number of nitrogens with zero attached hydrogens (tertiary/aromatic N) is 2. The number of hydrogen-bond acceptors (Lipinski definition) is 6. The van der Waals surface area contributed by atoms with E-state index in [1.165, 1.54) is 23.1 Å². The molecule has 1 fully saturated rings. The maximum Gasteiger partial charge on any atom is 0.168 e. The highest BCUT2D eigenvalue weighted by atomic mass is 16.6. The van der Waals surface area contributed by atoms with Crippen molar-refractivity contribution < 1.29 is 18.8 Å². The molecule has 0 bridgehead atoms. The van der Waals surface area contributed by atoms with E-state index < -0.39 is 0 Å². The Hall–Kier alpha value is -3.28. The van der Waals surface area contributed by atoms with Crippen LogP contribution in [0.15, 0.2) is 53.3 Å². The van der Waals surface area contributed by atoms with Crippen molar-refractivity contribution in [2.75, 3.05) is 31.2 Å². The molecular weight excluding hydrogens is 392 g/mol. The Labute approximate surface area is 181 Å². The van der Waals surface area contributed by atoms with Gasteiger partial charge < -0.3 is 18.9 Å². The van der Waals surface area contributed by atoms with Crippen LogP contribution in [0.4, 0.5) is 5.69 Å². The Morgan fingerprint density at radius 3 is 2.55 bits per heavy atom. The van der Waals surface area contributed by atoms with Crippen LogP contribution in [0.2, 0.25) is 0 Å². The molecule has 6 nitrogen and oxygen atoms in total. The number of hydrogen-bond donors (Lipinski definition) is 0. The molecule has 0 unspecified atom stereocenters. The van der Waals surface area contributed by atoms with E-state index in [0.29, 0.717) is 36.8 Å². The lowest BCUT2D eigenvalue weighted by molar-refractivity contribution is 0.0974. The summed E-state index contributed by atoms with van der Waals surface area (Å²) in [5.41, 5.74) is 4.92. The number of ketones is 1. The zero-order chi connectivity index (χ0) is 21.4. The maximum atomic E-state index is 12.5. The first-order chi connectivity index (χ1) is 15.1. The van der Waals surface area contributed by atoms with Gasteiger partial charge in [-0.3, -0.25) is 4.79 Å². The Morgan fingerprint density at radius 1 is 1.10 bits per heavy atom. The average molecular weight is 418 g/mol. The Morgan fingerprint density at radius 2 is 1.84 bits per heavy atom. The first-order valence-electron chi connectivity index (χ1n) is 10.8. The molecule has 3 heterocycles. The molecule has 1 aromatic heterocycles. The van der Waals surface area contributed by atoms with Crippen molar-refractivity contribution in [3.05, 3.63) is 71.1 Å². The van der Waals surface area contributed by atoms with E-state index in [2.05, 4.69) is 53.4 Å². The molecule has 160 valence electrons. The summed E-state index contributed by atoms with van der Waals surface area (Å²) in [6.45, 7) is 7.07. The van der Waals surface area contributed by atoms with Gasteiger partial charge in [0.05, 0.1) is 11.3 Å². The normalized spacial score (nSPS) is 16.6. The summed E-state index contributed by atoms with van der Waals surface area (Å²) in [4.78, 5) is 14.8. The van der Waals surface area contributed by atoms with E-state index in [-0.39, 0.29) is 11.7 Å². The molecule has 0 N–H and O–H groups in total. The number of Topliss-reactive ketones (excluding diaryl/α,β-unsaturated/α-hetero) is 1. The first kappa shape index (κ1) is 19.7. The number of ether oxygens (including phenoxy) is 2. The fraction of sp³-hybridized carbons (Fsp3) is 0.360. The molecule has 6 heteroatoms. The van der Waals surface area contributed by atoms with Gasteiger partial charge in [-0.1, -0.05) is 36.3 Å². The van der Waals surface area contributed by atoms with Crippen LogP contribution in [0, 0.1) is 6.92 Å². The first-order valence-corrected chi connectivity index (χ1v) is 10.8. The van der Waals surface area contributed by atoms with E-state index in [1.54, 1.807) is 6.92 Å². The summed E-state index contributed by atoms with van der Waals surface area (Å²) in [5, 5.41) is 3.80. The van der Waals surface area contributed by atoms with Crippen molar-refractivity contribution in [3.63, 3.8) is 0 Å². The lowest BCUT2D eigenvalue weighted by atomic mass is 9.87. The third-order valence-electron chi connectivity index (χ3n) is 6.29. The number of aryl methyl sites for hydroxylation is 1. The second-order valence-electron chi connectivity index (χ2n) is 8.44. The summed E-state index contributed by atoms with van der Waals surface area (Å²) >= 11 is 0. The number of fused-ring (bicyclic) bond motifs is 1. The SMILES string of the molecule is Cc1nocc1C(=O)C[C@@H](C)c1ccc(C2CN(c3ccc4c(c3)OCCO4)C2)cc1. The van der Waals surface area contributed by atoms with Crippen molar-refractivity contribution in [2.24, 2.45) is 0 Å². The molecule has 2 aliphatic rings. The maximum absolute atomic E-state index is 12.5. The van der Waals surface area contributed by atoms with E-state index in [1.807, 2.05) is 6.07 Å². The fourth-order valence-corrected chi connectivity index (χ4v) is 4.29. The van der Waals surface area contributed by atoms with Gasteiger partial charge in [0.25, 0.3) is 0 Å². The number of anilines is 1. The third kappa shape index (κ3) is 3.90. The van der Waals surface area contributed by atoms with E-state index in [0.717, 1.165) is 24.6 Å². The van der Waals surface area contributed by atoms with Crippen LogP contribution < -0.4 is 14.4 Å². The second-order valence-corrected chi connectivity index (χ2v) is 8.44. The van der Waals surface area contributed by atoms with E-state index in [4.69, 9.17) is 14.0 Å². The molecule has 0 saturated carbocycles. The van der Waals surface area contributed by atoms with Crippen LogP contribution in [0.1, 0.15) is 52.4 Å². The van der Waals surface area contributed by atoms with Crippen LogP contribution in [0.5, 0.6) is 11.5 Å². The highest BCUT2D eigenvalue weighted by molar-refractivity contribution is 5.97. The summed E-state index contributed by atoms with van der Waals surface area (Å²) in [6, 6.07) is 14.9. The van der Waals surface area contributed by atoms with E-state index >= 15 is 0 Å². The number of aromatic nitrogens is 1. The zero-order valence-corrected chi connectivity index (χ0v) is 17.8. The molecule has 0 spiro atoms. The molecule has 5 rings (SSSR count). The molecule has 0 amide bonds. The standard InChI is InChI=1S/C25H26N2O4/c1-16(11-23(28)22-15-31-26-17(22)2)18-3-5-19(6-4-18)20-13-27(14-20)21-7-8-24-25(12-21)30-10-9-29-24/h3-8,12,15-16,20H,9-11,13-14H2,1-2H3/t16-/m1/s1. The topological polar surface area (TPSA) is 64.8 Å². The number of carbonyl (C=O) groups is 1. The lowest BCUT2D eigenvalue weighted by Crippen LogP contribution is -2.45. The van der Waals surface area contributed by atoms with Crippen LogP contribution >= 0.6 is 0 Å². The van der Waals surface area contributed by atoms with Gasteiger partial charge in [0.1, 0.15) is 19.5 Å². The van der Waals surface area contributed by atoms with Crippen LogP contribution in [-0.4, -0.2) is 37.2 Å². The molecule has 3 aromatic rings. The second kappa shape index (κ2) is 8.10. The Bertz CT molecular complexity index is 1080. The third-order valence-corrected chi connectivity index (χ3v) is 6.29. The van der Waals surface area contributed by atoms with Gasteiger partial charge in [-0.05, 0) is 36.1 Å². The van der Waals surface area contributed by atoms with Gasteiger partial charge >= 0.3 is 0 Å². The molecule has 31 heavy (non-hydrogen) atoms. The minimum atomic E-state index is 0.0735. The van der Waals surface area contributed by atoms with Gasteiger partial charge in [-0.15, -0.1) is 0 Å². The van der Waals surface area contributed by atoms with E-state index in [9.17, 15) is 4.79 Å². The lowest BCUT2D eigenvalue weighted by Gasteiger charge is -2.41. The molecule has 0 radical (unpaired) electrons. The minimum absolute atomic E-state index is 0.0735. The minimum Gasteiger partial charge on any atom is -0.486 e. The van der Waals surface area contributed by atoms with Crippen LogP contribution in [0.3, 0.4) is 0 Å². The number of rotatable bonds is 6. The summed E-state index contributed by atoms with van der Waals surface area (Å²) in [7, 11) is 0. The van der Waals surface area contributed by atoms with Crippen molar-refractivity contribution in [2.45, 2.75) is 32.1 Å². The average Bonchev–Trinajstić information content (AvgIpc) is 3.19. The smallest absolute Gasteiger partial charge is 0.168 e. The van der Waals surface area contributed by atoms with Crippen molar-refractivity contribution in [1.82, 2.24) is 5.16 Å². The zero-order valence-electron chi connectivity index (χ0n) is 17.8. The largest absolute Gasteiger partial charge is 0.486 e. The molecule has 1 atom stereocenters. The monoisotopic (exact) mass is 418 g/mol. The number of benzene rings is 2. The summed E-state index contributed by atoms with van der Waals surface area (Å²) in [5.74, 6) is 2.39. The molecule has 0 aliphatic carbocycles. The Balaban J connectivity index is 1.18. The fourth-order valence-electron chi connectivity index (χ4n) is 4.29. The summed E-state index contributed by atoms with van der Waals surface area (Å²) in [6.07, 6.45) is 1.89.